The SMILES string of the molecule is CC#CCCNCc1ccco1. The van der Waals surface area contributed by atoms with Crippen LogP contribution in [0, 0.1) is 11.8 Å². The molecule has 1 heterocycles. The smallest absolute Gasteiger partial charge is 0.117 e. The van der Waals surface area contributed by atoms with Crippen molar-refractivity contribution >= 4 is 0 Å². The minimum absolute atomic E-state index is 0.790. The van der Waals surface area contributed by atoms with E-state index in [0.29, 0.717) is 0 Å². The molecule has 2 nitrogen and oxygen atoms in total. The van der Waals surface area contributed by atoms with Gasteiger partial charge in [-0.05, 0) is 19.1 Å². The molecule has 64 valence electrons. The zero-order chi connectivity index (χ0) is 8.65. The maximum absolute atomic E-state index is 5.14. The number of nitrogens with one attached hydrogen (secondary N) is 1. The van der Waals surface area contributed by atoms with Gasteiger partial charge in [0.2, 0.25) is 0 Å². The molecule has 0 amide bonds. The van der Waals surface area contributed by atoms with Gasteiger partial charge in [-0.2, -0.15) is 0 Å². The number of hydrogen-bond acceptors (Lipinski definition) is 2. The third kappa shape index (κ3) is 3.27. The molecule has 0 aliphatic carbocycles. The zero-order valence-electron chi connectivity index (χ0n) is 7.26. The molecule has 0 bridgehead atoms. The van der Waals surface area contributed by atoms with Crippen LogP contribution in [0.4, 0.5) is 0 Å². The van der Waals surface area contributed by atoms with E-state index >= 15 is 0 Å². The van der Waals surface area contributed by atoms with Crippen molar-refractivity contribution < 1.29 is 4.42 Å². The Morgan fingerprint density at radius 2 is 2.50 bits per heavy atom. The third-order valence-electron chi connectivity index (χ3n) is 1.48. The molecule has 1 aromatic rings. The first-order valence-electron chi connectivity index (χ1n) is 4.06. The summed E-state index contributed by atoms with van der Waals surface area (Å²) in [5, 5.41) is 3.23. The summed E-state index contributed by atoms with van der Waals surface area (Å²) in [5.41, 5.74) is 0. The molecule has 1 N–H and O–H groups in total. The highest BCUT2D eigenvalue weighted by Crippen LogP contribution is 1.97. The Balaban J connectivity index is 2.06. The van der Waals surface area contributed by atoms with E-state index in [1.807, 2.05) is 19.1 Å². The molecule has 2 heteroatoms. The first kappa shape index (κ1) is 8.89. The average Bonchev–Trinajstić information content (AvgIpc) is 2.57. The molecule has 0 radical (unpaired) electrons. The summed E-state index contributed by atoms with van der Waals surface area (Å²) in [6.07, 6.45) is 2.58. The van der Waals surface area contributed by atoms with Crippen LogP contribution in [0.3, 0.4) is 0 Å². The van der Waals surface area contributed by atoms with Gasteiger partial charge in [-0.1, -0.05) is 0 Å². The summed E-state index contributed by atoms with van der Waals surface area (Å²) in [4.78, 5) is 0. The van der Waals surface area contributed by atoms with Gasteiger partial charge in [0.25, 0.3) is 0 Å². The standard InChI is InChI=1S/C10H13NO/c1-2-3-4-7-11-9-10-6-5-8-12-10/h5-6,8,11H,4,7,9H2,1H3. The third-order valence-corrected chi connectivity index (χ3v) is 1.48. The van der Waals surface area contributed by atoms with E-state index in [-0.39, 0.29) is 0 Å². The van der Waals surface area contributed by atoms with E-state index in [9.17, 15) is 0 Å². The lowest BCUT2D eigenvalue weighted by Gasteiger charge is -1.97. The van der Waals surface area contributed by atoms with Crippen LogP contribution in [-0.4, -0.2) is 6.54 Å². The van der Waals surface area contributed by atoms with Gasteiger partial charge in [0.05, 0.1) is 12.8 Å². The van der Waals surface area contributed by atoms with E-state index in [1.54, 1.807) is 6.26 Å². The highest BCUT2D eigenvalue weighted by Gasteiger charge is 1.91. The van der Waals surface area contributed by atoms with Crippen molar-refractivity contribution in [3.63, 3.8) is 0 Å². The molecule has 1 rings (SSSR count). The summed E-state index contributed by atoms with van der Waals surface area (Å²) in [6, 6.07) is 3.85. The second-order valence-corrected chi connectivity index (χ2v) is 2.43. The summed E-state index contributed by atoms with van der Waals surface area (Å²) >= 11 is 0. The van der Waals surface area contributed by atoms with Gasteiger partial charge in [0, 0.05) is 13.0 Å². The van der Waals surface area contributed by atoms with Crippen LogP contribution < -0.4 is 5.32 Å². The summed E-state index contributed by atoms with van der Waals surface area (Å²) in [5.74, 6) is 6.80. The molecule has 0 aliphatic rings. The van der Waals surface area contributed by atoms with Gasteiger partial charge in [0.15, 0.2) is 0 Å². The molecule has 0 atom stereocenters. The maximum Gasteiger partial charge on any atom is 0.117 e. The lowest BCUT2D eigenvalue weighted by atomic mass is 10.4. The van der Waals surface area contributed by atoms with Crippen LogP contribution in [0.1, 0.15) is 19.1 Å². The molecule has 0 fully saturated rings. The van der Waals surface area contributed by atoms with Crippen LogP contribution in [0.5, 0.6) is 0 Å². The van der Waals surface area contributed by atoms with E-state index < -0.39 is 0 Å². The summed E-state index contributed by atoms with van der Waals surface area (Å²) in [7, 11) is 0. The van der Waals surface area contributed by atoms with Crippen LogP contribution in [0.25, 0.3) is 0 Å². The number of furan rings is 1. The van der Waals surface area contributed by atoms with Gasteiger partial charge in [-0.25, -0.2) is 0 Å². The summed E-state index contributed by atoms with van der Waals surface area (Å²) in [6.45, 7) is 3.56. The van der Waals surface area contributed by atoms with Gasteiger partial charge in [-0.15, -0.1) is 11.8 Å². The maximum atomic E-state index is 5.14. The minimum atomic E-state index is 0.790. The van der Waals surface area contributed by atoms with Crippen molar-refractivity contribution in [2.75, 3.05) is 6.54 Å². The molecule has 1 aromatic heterocycles. The Morgan fingerprint density at radius 1 is 1.58 bits per heavy atom. The fourth-order valence-electron chi connectivity index (χ4n) is 0.901. The van der Waals surface area contributed by atoms with Crippen molar-refractivity contribution in [1.29, 1.82) is 0 Å². The molecule has 0 saturated carbocycles. The Kier molecular flexibility index (Phi) is 4.04. The van der Waals surface area contributed by atoms with Crippen LogP contribution in [-0.2, 0) is 6.54 Å². The molecular weight excluding hydrogens is 150 g/mol. The van der Waals surface area contributed by atoms with Crippen molar-refractivity contribution in [3.05, 3.63) is 24.2 Å². The second kappa shape index (κ2) is 5.45. The Labute approximate surface area is 73.0 Å². The van der Waals surface area contributed by atoms with Crippen molar-refractivity contribution in [3.8, 4) is 11.8 Å². The largest absolute Gasteiger partial charge is 0.468 e. The Hall–Kier alpha value is -1.20. The topological polar surface area (TPSA) is 25.2 Å². The average molecular weight is 163 g/mol. The number of rotatable bonds is 4. The van der Waals surface area contributed by atoms with Gasteiger partial charge >= 0.3 is 0 Å². The van der Waals surface area contributed by atoms with Gasteiger partial charge in [-0.3, -0.25) is 0 Å². The van der Waals surface area contributed by atoms with Crippen molar-refractivity contribution in [2.24, 2.45) is 0 Å². The quantitative estimate of drug-likeness (QED) is 0.540. The minimum Gasteiger partial charge on any atom is -0.468 e. The van der Waals surface area contributed by atoms with Crippen molar-refractivity contribution in [2.45, 2.75) is 19.9 Å². The van der Waals surface area contributed by atoms with Gasteiger partial charge < -0.3 is 9.73 Å². The van der Waals surface area contributed by atoms with E-state index in [4.69, 9.17) is 4.42 Å². The van der Waals surface area contributed by atoms with E-state index in [1.165, 1.54) is 0 Å². The zero-order valence-corrected chi connectivity index (χ0v) is 7.26. The van der Waals surface area contributed by atoms with Gasteiger partial charge in [0.1, 0.15) is 5.76 Å². The Morgan fingerprint density at radius 3 is 3.17 bits per heavy atom. The monoisotopic (exact) mass is 163 g/mol. The molecular formula is C10H13NO. The Bertz CT molecular complexity index is 253. The molecule has 0 aliphatic heterocycles. The first-order valence-corrected chi connectivity index (χ1v) is 4.06. The molecule has 0 saturated heterocycles. The fourth-order valence-corrected chi connectivity index (χ4v) is 0.901. The first-order chi connectivity index (χ1) is 5.93. The molecule has 0 aromatic carbocycles. The van der Waals surface area contributed by atoms with E-state index in [2.05, 4.69) is 17.2 Å². The number of hydrogen-bond donors (Lipinski definition) is 1. The lowest BCUT2D eigenvalue weighted by molar-refractivity contribution is 0.485. The highest BCUT2D eigenvalue weighted by atomic mass is 16.3. The van der Waals surface area contributed by atoms with E-state index in [0.717, 1.165) is 25.3 Å². The highest BCUT2D eigenvalue weighted by molar-refractivity contribution is 4.98. The molecule has 12 heavy (non-hydrogen) atoms. The summed E-state index contributed by atoms with van der Waals surface area (Å²) < 4.78 is 5.14. The van der Waals surface area contributed by atoms with Crippen molar-refractivity contribution in [1.82, 2.24) is 5.32 Å². The molecule has 0 spiro atoms. The molecule has 0 unspecified atom stereocenters. The normalized spacial score (nSPS) is 9.08. The second-order valence-electron chi connectivity index (χ2n) is 2.43. The van der Waals surface area contributed by atoms with Crippen LogP contribution in [0.15, 0.2) is 22.8 Å². The fraction of sp³-hybridized carbons (Fsp3) is 0.400. The van der Waals surface area contributed by atoms with Crippen LogP contribution >= 0.6 is 0 Å². The van der Waals surface area contributed by atoms with Crippen LogP contribution in [0.2, 0.25) is 0 Å². The predicted molar refractivity (Wildman–Crippen MR) is 48.5 cm³/mol. The lowest BCUT2D eigenvalue weighted by Crippen LogP contribution is -2.13. The predicted octanol–water partition coefficient (Wildman–Crippen LogP) is 1.78.